The minimum atomic E-state index is -3.44. The van der Waals surface area contributed by atoms with Crippen molar-refractivity contribution in [3.05, 3.63) is 24.0 Å². The molecule has 0 aromatic heterocycles. The third-order valence-corrected chi connectivity index (χ3v) is 4.73. The second kappa shape index (κ2) is 4.82. The van der Waals surface area contributed by atoms with Crippen LogP contribution in [0.2, 0.25) is 0 Å². The summed E-state index contributed by atoms with van der Waals surface area (Å²) in [5, 5.41) is -0.500. The molecule has 0 saturated carbocycles. The van der Waals surface area contributed by atoms with Gasteiger partial charge in [-0.15, -0.1) is 0 Å². The van der Waals surface area contributed by atoms with Crippen LogP contribution in [-0.2, 0) is 9.84 Å². The molecule has 0 bridgehead atoms. The molecule has 0 saturated heterocycles. The molecule has 0 amide bonds. The summed E-state index contributed by atoms with van der Waals surface area (Å²) in [4.78, 5) is 0.000139. The lowest BCUT2D eigenvalue weighted by Crippen LogP contribution is -2.18. The van der Waals surface area contributed by atoms with E-state index in [1.807, 2.05) is 6.92 Å². The standard InChI is InChI=1S/C11H16FNO2S/c1-3-4-8(2)16(14,15)9-5-6-11(13)10(12)7-9/h5-8H,3-4,13H2,1-2H3. The van der Waals surface area contributed by atoms with Gasteiger partial charge < -0.3 is 5.73 Å². The predicted octanol–water partition coefficient (Wildman–Crippen LogP) is 2.37. The third-order valence-electron chi connectivity index (χ3n) is 2.53. The van der Waals surface area contributed by atoms with Crippen molar-refractivity contribution < 1.29 is 12.8 Å². The molecule has 1 atom stereocenters. The molecule has 2 N–H and O–H groups in total. The predicted molar refractivity (Wildman–Crippen MR) is 62.4 cm³/mol. The zero-order valence-corrected chi connectivity index (χ0v) is 10.2. The van der Waals surface area contributed by atoms with Crippen molar-refractivity contribution in [3.8, 4) is 0 Å². The molecule has 0 aliphatic heterocycles. The monoisotopic (exact) mass is 245 g/mol. The molecule has 0 fully saturated rings. The first-order valence-corrected chi connectivity index (χ1v) is 6.73. The van der Waals surface area contributed by atoms with Gasteiger partial charge in [-0.1, -0.05) is 13.3 Å². The van der Waals surface area contributed by atoms with E-state index in [0.29, 0.717) is 6.42 Å². The molecular formula is C11H16FNO2S. The summed E-state index contributed by atoms with van der Waals surface area (Å²) in [5.41, 5.74) is 5.26. The minimum Gasteiger partial charge on any atom is -0.396 e. The second-order valence-corrected chi connectivity index (χ2v) is 6.19. The normalized spacial score (nSPS) is 13.7. The second-order valence-electron chi connectivity index (χ2n) is 3.83. The van der Waals surface area contributed by atoms with E-state index in [1.165, 1.54) is 12.1 Å². The van der Waals surface area contributed by atoms with E-state index in [-0.39, 0.29) is 10.6 Å². The number of hydrogen-bond donors (Lipinski definition) is 1. The van der Waals surface area contributed by atoms with E-state index in [1.54, 1.807) is 6.92 Å². The van der Waals surface area contributed by atoms with Gasteiger partial charge in [0.2, 0.25) is 0 Å². The van der Waals surface area contributed by atoms with Crippen molar-refractivity contribution in [1.82, 2.24) is 0 Å². The Labute approximate surface area is 95.4 Å². The number of sulfone groups is 1. The fourth-order valence-electron chi connectivity index (χ4n) is 1.48. The van der Waals surface area contributed by atoms with Crippen LogP contribution >= 0.6 is 0 Å². The van der Waals surface area contributed by atoms with Crippen molar-refractivity contribution in [2.45, 2.75) is 36.8 Å². The topological polar surface area (TPSA) is 60.2 Å². The number of hydrogen-bond acceptors (Lipinski definition) is 3. The Hall–Kier alpha value is -1.10. The summed E-state index contributed by atoms with van der Waals surface area (Å²) in [7, 11) is -3.44. The SMILES string of the molecule is CCCC(C)S(=O)(=O)c1ccc(N)c(F)c1. The van der Waals surface area contributed by atoms with E-state index >= 15 is 0 Å². The Kier molecular flexibility index (Phi) is 3.91. The smallest absolute Gasteiger partial charge is 0.181 e. The van der Waals surface area contributed by atoms with Crippen molar-refractivity contribution in [3.63, 3.8) is 0 Å². The fraction of sp³-hybridized carbons (Fsp3) is 0.455. The van der Waals surface area contributed by atoms with E-state index in [0.717, 1.165) is 12.5 Å². The van der Waals surface area contributed by atoms with Gasteiger partial charge in [0.15, 0.2) is 9.84 Å². The lowest BCUT2D eigenvalue weighted by molar-refractivity contribution is 0.573. The van der Waals surface area contributed by atoms with Crippen LogP contribution in [0.15, 0.2) is 23.1 Å². The molecule has 16 heavy (non-hydrogen) atoms. The molecule has 0 spiro atoms. The molecule has 1 aromatic rings. The molecule has 5 heteroatoms. The maximum atomic E-state index is 13.2. The Morgan fingerprint density at radius 3 is 2.56 bits per heavy atom. The van der Waals surface area contributed by atoms with Gasteiger partial charge in [-0.3, -0.25) is 0 Å². The molecule has 90 valence electrons. The molecular weight excluding hydrogens is 229 g/mol. The van der Waals surface area contributed by atoms with Crippen LogP contribution in [0.1, 0.15) is 26.7 Å². The summed E-state index contributed by atoms with van der Waals surface area (Å²) in [5.74, 6) is -0.690. The number of nitrogens with two attached hydrogens (primary N) is 1. The zero-order valence-electron chi connectivity index (χ0n) is 9.40. The molecule has 1 aromatic carbocycles. The van der Waals surface area contributed by atoms with E-state index in [4.69, 9.17) is 5.73 Å². The van der Waals surface area contributed by atoms with Crippen molar-refractivity contribution >= 4 is 15.5 Å². The Morgan fingerprint density at radius 1 is 1.44 bits per heavy atom. The van der Waals surface area contributed by atoms with Crippen LogP contribution in [-0.4, -0.2) is 13.7 Å². The Morgan fingerprint density at radius 2 is 2.06 bits per heavy atom. The summed E-state index contributed by atoms with van der Waals surface area (Å²) in [6.07, 6.45) is 1.34. The molecule has 1 unspecified atom stereocenters. The van der Waals surface area contributed by atoms with Crippen LogP contribution in [0.3, 0.4) is 0 Å². The molecule has 0 heterocycles. The molecule has 0 aliphatic rings. The van der Waals surface area contributed by atoms with Crippen LogP contribution in [0.25, 0.3) is 0 Å². The third kappa shape index (κ3) is 2.52. The lowest BCUT2D eigenvalue weighted by Gasteiger charge is -2.12. The molecule has 1 rings (SSSR count). The van der Waals surface area contributed by atoms with Gasteiger partial charge in [-0.05, 0) is 31.5 Å². The van der Waals surface area contributed by atoms with Gasteiger partial charge in [-0.2, -0.15) is 0 Å². The van der Waals surface area contributed by atoms with Crippen molar-refractivity contribution in [1.29, 1.82) is 0 Å². The first kappa shape index (κ1) is 13.0. The van der Waals surface area contributed by atoms with E-state index in [9.17, 15) is 12.8 Å². The number of halogens is 1. The number of benzene rings is 1. The first-order valence-electron chi connectivity index (χ1n) is 5.18. The quantitative estimate of drug-likeness (QED) is 0.828. The van der Waals surface area contributed by atoms with Gasteiger partial charge in [0, 0.05) is 0 Å². The highest BCUT2D eigenvalue weighted by molar-refractivity contribution is 7.92. The summed E-state index contributed by atoms with van der Waals surface area (Å²) in [6, 6.07) is 3.61. The summed E-state index contributed by atoms with van der Waals surface area (Å²) >= 11 is 0. The number of anilines is 1. The molecule has 0 radical (unpaired) electrons. The number of rotatable bonds is 4. The van der Waals surface area contributed by atoms with Crippen LogP contribution in [0.4, 0.5) is 10.1 Å². The Balaban J connectivity index is 3.12. The minimum absolute atomic E-state index is 0.000139. The zero-order chi connectivity index (χ0) is 12.3. The first-order chi connectivity index (χ1) is 7.39. The molecule has 0 aliphatic carbocycles. The van der Waals surface area contributed by atoms with Gasteiger partial charge in [0.25, 0.3) is 0 Å². The van der Waals surface area contributed by atoms with Crippen LogP contribution in [0, 0.1) is 5.82 Å². The van der Waals surface area contributed by atoms with Gasteiger partial charge in [0.05, 0.1) is 15.8 Å². The van der Waals surface area contributed by atoms with Gasteiger partial charge >= 0.3 is 0 Å². The summed E-state index contributed by atoms with van der Waals surface area (Å²) in [6.45, 7) is 3.54. The van der Waals surface area contributed by atoms with Crippen LogP contribution in [0.5, 0.6) is 0 Å². The highest BCUT2D eigenvalue weighted by Gasteiger charge is 2.23. The van der Waals surface area contributed by atoms with Crippen molar-refractivity contribution in [2.24, 2.45) is 0 Å². The van der Waals surface area contributed by atoms with E-state index in [2.05, 4.69) is 0 Å². The highest BCUT2D eigenvalue weighted by atomic mass is 32.2. The van der Waals surface area contributed by atoms with E-state index < -0.39 is 20.9 Å². The van der Waals surface area contributed by atoms with Crippen LogP contribution < -0.4 is 5.73 Å². The average Bonchev–Trinajstić information content (AvgIpc) is 2.22. The number of nitrogen functional groups attached to an aromatic ring is 1. The van der Waals surface area contributed by atoms with Crippen molar-refractivity contribution in [2.75, 3.05) is 5.73 Å². The molecule has 3 nitrogen and oxygen atoms in total. The van der Waals surface area contributed by atoms with Gasteiger partial charge in [-0.25, -0.2) is 12.8 Å². The lowest BCUT2D eigenvalue weighted by atomic mass is 10.3. The highest BCUT2D eigenvalue weighted by Crippen LogP contribution is 2.22. The van der Waals surface area contributed by atoms with Gasteiger partial charge in [0.1, 0.15) is 5.82 Å². The average molecular weight is 245 g/mol. The fourth-order valence-corrected chi connectivity index (χ4v) is 3.01. The summed E-state index contributed by atoms with van der Waals surface area (Å²) < 4.78 is 37.1. The maximum absolute atomic E-state index is 13.2. The Bertz CT molecular complexity index is 471. The maximum Gasteiger partial charge on any atom is 0.181 e. The largest absolute Gasteiger partial charge is 0.396 e.